The molecule has 2 heterocycles. The molecule has 0 aliphatic carbocycles. The van der Waals surface area contributed by atoms with Crippen molar-refractivity contribution in [2.24, 2.45) is 0 Å². The summed E-state index contributed by atoms with van der Waals surface area (Å²) in [6.07, 6.45) is -4.28. The van der Waals surface area contributed by atoms with E-state index in [2.05, 4.69) is 31.2 Å². The van der Waals surface area contributed by atoms with Crippen LogP contribution in [0.1, 0.15) is 34.6 Å². The van der Waals surface area contributed by atoms with Gasteiger partial charge in [0, 0.05) is 21.0 Å². The van der Waals surface area contributed by atoms with Crippen molar-refractivity contribution < 1.29 is 25.2 Å². The fourth-order valence-corrected chi connectivity index (χ4v) is 5.25. The molecule has 1 aliphatic heterocycles. The Kier molecular flexibility index (Phi) is 6.46. The van der Waals surface area contributed by atoms with Gasteiger partial charge in [0.2, 0.25) is 0 Å². The molecular weight excluding hydrogens is 424 g/mol. The minimum absolute atomic E-state index is 0.455. The second-order valence-corrected chi connectivity index (χ2v) is 9.29. The van der Waals surface area contributed by atoms with E-state index in [4.69, 9.17) is 16.3 Å². The number of rotatable bonds is 5. The number of benzene rings is 2. The number of aliphatic hydroxyl groups excluding tert-OH is 4. The second-order valence-electron chi connectivity index (χ2n) is 7.72. The molecule has 0 amide bonds. The zero-order valence-corrected chi connectivity index (χ0v) is 18.1. The van der Waals surface area contributed by atoms with Gasteiger partial charge in [-0.25, -0.2) is 0 Å². The van der Waals surface area contributed by atoms with Crippen molar-refractivity contribution in [3.63, 3.8) is 0 Å². The van der Waals surface area contributed by atoms with E-state index in [9.17, 15) is 20.4 Å². The summed E-state index contributed by atoms with van der Waals surface area (Å²) in [4.78, 5) is 1.17. The quantitative estimate of drug-likeness (QED) is 0.481. The first-order valence-electron chi connectivity index (χ1n) is 10.0. The first-order chi connectivity index (χ1) is 14.4. The Labute approximate surface area is 184 Å². The van der Waals surface area contributed by atoms with E-state index in [-0.39, 0.29) is 0 Å². The summed E-state index contributed by atoms with van der Waals surface area (Å²) in [6, 6.07) is 14.0. The van der Waals surface area contributed by atoms with Gasteiger partial charge in [-0.3, -0.25) is 0 Å². The lowest BCUT2D eigenvalue weighted by molar-refractivity contribution is -0.231. The number of hydrogen-bond donors (Lipinski definition) is 4. The Hall–Kier alpha value is -1.51. The van der Waals surface area contributed by atoms with Gasteiger partial charge in [0.15, 0.2) is 0 Å². The van der Waals surface area contributed by atoms with E-state index in [1.807, 2.05) is 6.07 Å². The molecule has 1 fully saturated rings. The molecular formula is C23H25ClO5S. The lowest BCUT2D eigenvalue weighted by Crippen LogP contribution is -2.55. The SMILES string of the molecule is CCc1ccc2cc(Cc3cc(C4O[C@H](CO)[C@@H](O)[C@H](O)[C@H]4O)ccc3Cl)sc2c1. The van der Waals surface area contributed by atoms with Crippen molar-refractivity contribution >= 4 is 33.0 Å². The minimum Gasteiger partial charge on any atom is -0.394 e. The van der Waals surface area contributed by atoms with E-state index in [0.29, 0.717) is 17.0 Å². The molecule has 1 aliphatic rings. The van der Waals surface area contributed by atoms with E-state index in [0.717, 1.165) is 12.0 Å². The van der Waals surface area contributed by atoms with E-state index < -0.39 is 37.1 Å². The van der Waals surface area contributed by atoms with Crippen molar-refractivity contribution in [1.82, 2.24) is 0 Å². The number of fused-ring (bicyclic) bond motifs is 1. The molecule has 0 radical (unpaired) electrons. The molecule has 0 saturated carbocycles. The summed E-state index contributed by atoms with van der Waals surface area (Å²) in [5.41, 5.74) is 2.83. The number of thiophene rings is 1. The predicted octanol–water partition coefficient (Wildman–Crippen LogP) is 3.22. The van der Waals surface area contributed by atoms with E-state index >= 15 is 0 Å². The van der Waals surface area contributed by atoms with Crippen molar-refractivity contribution in [1.29, 1.82) is 0 Å². The largest absolute Gasteiger partial charge is 0.394 e. The fraction of sp³-hybridized carbons (Fsp3) is 0.391. The van der Waals surface area contributed by atoms with Crippen molar-refractivity contribution in [3.05, 3.63) is 69.1 Å². The van der Waals surface area contributed by atoms with Crippen LogP contribution in [-0.2, 0) is 17.6 Å². The smallest absolute Gasteiger partial charge is 0.113 e. The number of ether oxygens (including phenoxy) is 1. The highest BCUT2D eigenvalue weighted by Gasteiger charge is 2.44. The molecule has 1 aromatic heterocycles. The summed E-state index contributed by atoms with van der Waals surface area (Å²) in [5, 5.41) is 41.8. The molecule has 1 unspecified atom stereocenters. The highest BCUT2D eigenvalue weighted by Crippen LogP contribution is 2.35. The normalized spacial score (nSPS) is 26.9. The first kappa shape index (κ1) is 21.7. The number of halogens is 1. The Morgan fingerprint density at radius 3 is 2.53 bits per heavy atom. The Morgan fingerprint density at radius 1 is 1.00 bits per heavy atom. The average molecular weight is 449 g/mol. The van der Waals surface area contributed by atoms with Gasteiger partial charge < -0.3 is 25.2 Å². The van der Waals surface area contributed by atoms with Crippen LogP contribution >= 0.6 is 22.9 Å². The summed E-state index contributed by atoms with van der Waals surface area (Å²) in [7, 11) is 0. The van der Waals surface area contributed by atoms with Crippen LogP contribution in [0.5, 0.6) is 0 Å². The van der Waals surface area contributed by atoms with Gasteiger partial charge >= 0.3 is 0 Å². The Morgan fingerprint density at radius 2 is 1.80 bits per heavy atom. The minimum atomic E-state index is -1.41. The van der Waals surface area contributed by atoms with Crippen LogP contribution in [0.4, 0.5) is 0 Å². The average Bonchev–Trinajstić information content (AvgIpc) is 3.15. The van der Waals surface area contributed by atoms with Crippen LogP contribution in [0.25, 0.3) is 10.1 Å². The lowest BCUT2D eigenvalue weighted by atomic mass is 9.90. The number of hydrogen-bond acceptors (Lipinski definition) is 6. The second kappa shape index (κ2) is 8.93. The van der Waals surface area contributed by atoms with Crippen molar-refractivity contribution in [2.45, 2.75) is 50.3 Å². The van der Waals surface area contributed by atoms with Gasteiger partial charge in [0.1, 0.15) is 30.5 Å². The molecule has 2 aromatic carbocycles. The molecule has 30 heavy (non-hydrogen) atoms. The van der Waals surface area contributed by atoms with E-state index in [1.54, 1.807) is 23.5 Å². The highest BCUT2D eigenvalue weighted by atomic mass is 35.5. The van der Waals surface area contributed by atoms with Gasteiger partial charge in [-0.1, -0.05) is 42.8 Å². The van der Waals surface area contributed by atoms with Crippen molar-refractivity contribution in [3.8, 4) is 0 Å². The Bertz CT molecular complexity index is 1030. The summed E-state index contributed by atoms with van der Waals surface area (Å²) < 4.78 is 6.93. The molecule has 3 aromatic rings. The summed E-state index contributed by atoms with van der Waals surface area (Å²) in [6.45, 7) is 1.68. The van der Waals surface area contributed by atoms with Gasteiger partial charge in [0.05, 0.1) is 6.61 Å². The maximum Gasteiger partial charge on any atom is 0.113 e. The fourth-order valence-electron chi connectivity index (χ4n) is 3.91. The lowest BCUT2D eigenvalue weighted by Gasteiger charge is -2.40. The zero-order chi connectivity index (χ0) is 21.4. The summed E-state index contributed by atoms with van der Waals surface area (Å²) in [5.74, 6) is 0. The highest BCUT2D eigenvalue weighted by molar-refractivity contribution is 7.19. The first-order valence-corrected chi connectivity index (χ1v) is 11.2. The molecule has 1 saturated heterocycles. The topological polar surface area (TPSA) is 90.2 Å². The Balaban J connectivity index is 1.62. The maximum absolute atomic E-state index is 10.4. The zero-order valence-electron chi connectivity index (χ0n) is 16.5. The molecule has 0 bridgehead atoms. The standard InChI is InChI=1S/C23H25ClO5S/c1-2-12-3-4-13-9-16(30-19(13)7-12)10-15-8-14(5-6-17(15)24)23-22(28)21(27)20(26)18(11-25)29-23/h3-9,18,20-23,25-28H,2,10-11H2,1H3/t18-,20-,21+,22-,23?/m1/s1. The molecule has 160 valence electrons. The molecule has 5 atom stereocenters. The molecule has 5 nitrogen and oxygen atoms in total. The van der Waals surface area contributed by atoms with Crippen LogP contribution in [0, 0.1) is 0 Å². The van der Waals surface area contributed by atoms with Crippen molar-refractivity contribution in [2.75, 3.05) is 6.61 Å². The number of aryl methyl sites for hydroxylation is 1. The van der Waals surface area contributed by atoms with Crippen LogP contribution in [0.15, 0.2) is 42.5 Å². The van der Waals surface area contributed by atoms with Gasteiger partial charge in [-0.15, -0.1) is 11.3 Å². The maximum atomic E-state index is 10.4. The third-order valence-corrected chi connectivity index (χ3v) is 7.17. The van der Waals surface area contributed by atoms with Crippen LogP contribution in [0.3, 0.4) is 0 Å². The molecule has 0 spiro atoms. The molecule has 7 heteroatoms. The van der Waals surface area contributed by atoms with Crippen LogP contribution < -0.4 is 0 Å². The monoisotopic (exact) mass is 448 g/mol. The molecule has 4 N–H and O–H groups in total. The summed E-state index contributed by atoms with van der Waals surface area (Å²) >= 11 is 8.18. The van der Waals surface area contributed by atoms with Crippen LogP contribution in [0.2, 0.25) is 5.02 Å². The predicted molar refractivity (Wildman–Crippen MR) is 118 cm³/mol. The van der Waals surface area contributed by atoms with Crippen LogP contribution in [-0.4, -0.2) is 51.4 Å². The third kappa shape index (κ3) is 4.14. The number of aliphatic hydroxyl groups is 4. The van der Waals surface area contributed by atoms with E-state index in [1.165, 1.54) is 20.5 Å². The van der Waals surface area contributed by atoms with Gasteiger partial charge in [0.25, 0.3) is 0 Å². The van der Waals surface area contributed by atoms with Gasteiger partial charge in [-0.2, -0.15) is 0 Å². The van der Waals surface area contributed by atoms with Gasteiger partial charge in [-0.05, 0) is 46.7 Å². The third-order valence-electron chi connectivity index (χ3n) is 5.70. The molecule has 4 rings (SSSR count).